The summed E-state index contributed by atoms with van der Waals surface area (Å²) in [6.07, 6.45) is 2.32. The van der Waals surface area contributed by atoms with E-state index >= 15 is 0 Å². The molecule has 0 rings (SSSR count). The summed E-state index contributed by atoms with van der Waals surface area (Å²) in [6.45, 7) is 5.83. The molecule has 1 heteroatoms. The van der Waals surface area contributed by atoms with E-state index < -0.39 is 0 Å². The molecule has 1 unspecified atom stereocenters. The van der Waals surface area contributed by atoms with Gasteiger partial charge in [-0.3, -0.25) is 0 Å². The van der Waals surface area contributed by atoms with E-state index in [-0.39, 0.29) is 0 Å². The van der Waals surface area contributed by atoms with Crippen LogP contribution in [0.2, 0.25) is 0 Å². The number of hydrogen-bond donors (Lipinski definition) is 1. The number of thiol groups is 1. The van der Waals surface area contributed by atoms with Crippen LogP contribution in [-0.2, 0) is 0 Å². The highest BCUT2D eigenvalue weighted by molar-refractivity contribution is 7.81. The largest absolute Gasteiger partial charge is 0.176 e. The second-order valence-corrected chi connectivity index (χ2v) is 2.17. The molecule has 0 aliphatic carbocycles. The first-order valence-corrected chi connectivity index (χ1v) is 2.80. The third-order valence-corrected chi connectivity index (χ3v) is 0.880. The molecule has 1 radical (unpaired) electrons. The minimum absolute atomic E-state index is 0.343. The lowest BCUT2D eigenvalue weighted by atomic mass is 10.3. The van der Waals surface area contributed by atoms with Gasteiger partial charge in [-0.15, -0.1) is 0 Å². The standard InChI is InChI=1S/C5H11S/c1-3-4-5(2)6/h5-6H,2-4H2,1H3. The molecule has 0 bridgehead atoms. The van der Waals surface area contributed by atoms with E-state index in [9.17, 15) is 0 Å². The summed E-state index contributed by atoms with van der Waals surface area (Å²) in [4.78, 5) is 0. The summed E-state index contributed by atoms with van der Waals surface area (Å²) in [6, 6.07) is 0. The maximum Gasteiger partial charge on any atom is 0.00171 e. The van der Waals surface area contributed by atoms with Gasteiger partial charge in [-0.05, 0) is 13.3 Å². The van der Waals surface area contributed by atoms with Crippen LogP contribution in [0.15, 0.2) is 0 Å². The van der Waals surface area contributed by atoms with Gasteiger partial charge in [0.05, 0.1) is 0 Å². The smallest absolute Gasteiger partial charge is 0.00171 e. The molecule has 37 valence electrons. The Hall–Kier alpha value is 0.350. The fraction of sp³-hybridized carbons (Fsp3) is 0.800. The van der Waals surface area contributed by atoms with E-state index in [4.69, 9.17) is 0 Å². The van der Waals surface area contributed by atoms with Gasteiger partial charge in [-0.1, -0.05) is 13.3 Å². The highest BCUT2D eigenvalue weighted by atomic mass is 32.1. The Balaban J connectivity index is 2.63. The first-order valence-electron chi connectivity index (χ1n) is 2.28. The van der Waals surface area contributed by atoms with E-state index in [1.54, 1.807) is 0 Å². The lowest BCUT2D eigenvalue weighted by Crippen LogP contribution is -1.86. The van der Waals surface area contributed by atoms with E-state index in [1.165, 1.54) is 6.42 Å². The van der Waals surface area contributed by atoms with Gasteiger partial charge in [0, 0.05) is 5.25 Å². The van der Waals surface area contributed by atoms with E-state index in [1.807, 2.05) is 0 Å². The minimum atomic E-state index is 0.343. The molecule has 0 aliphatic heterocycles. The Morgan fingerprint density at radius 2 is 2.33 bits per heavy atom. The number of rotatable bonds is 2. The molecule has 0 aromatic rings. The fourth-order valence-corrected chi connectivity index (χ4v) is 0.591. The zero-order valence-electron chi connectivity index (χ0n) is 4.15. The summed E-state index contributed by atoms with van der Waals surface area (Å²) in [7, 11) is 0. The van der Waals surface area contributed by atoms with E-state index in [0.717, 1.165) is 6.42 Å². The Labute approximate surface area is 45.4 Å². The van der Waals surface area contributed by atoms with E-state index in [2.05, 4.69) is 26.5 Å². The van der Waals surface area contributed by atoms with Gasteiger partial charge in [0.1, 0.15) is 0 Å². The molecule has 0 nitrogen and oxygen atoms in total. The van der Waals surface area contributed by atoms with Crippen molar-refractivity contribution in [3.63, 3.8) is 0 Å². The van der Waals surface area contributed by atoms with Crippen LogP contribution in [0.4, 0.5) is 0 Å². The van der Waals surface area contributed by atoms with Crippen molar-refractivity contribution in [3.8, 4) is 0 Å². The Kier molecular flexibility index (Phi) is 3.74. The first-order chi connectivity index (χ1) is 2.77. The molecule has 0 saturated carbocycles. The molecule has 0 heterocycles. The summed E-state index contributed by atoms with van der Waals surface area (Å²) in [5, 5.41) is 0.343. The van der Waals surface area contributed by atoms with Crippen LogP contribution < -0.4 is 0 Å². The third-order valence-electron chi connectivity index (χ3n) is 0.622. The van der Waals surface area contributed by atoms with Gasteiger partial charge >= 0.3 is 0 Å². The second kappa shape index (κ2) is 3.54. The van der Waals surface area contributed by atoms with Gasteiger partial charge in [-0.2, -0.15) is 12.6 Å². The van der Waals surface area contributed by atoms with Crippen LogP contribution in [0, 0.1) is 6.92 Å². The molecule has 0 fully saturated rings. The molecular weight excluding hydrogens is 92.1 g/mol. The molecule has 0 aromatic carbocycles. The highest BCUT2D eigenvalue weighted by Crippen LogP contribution is 1.99. The molecule has 6 heavy (non-hydrogen) atoms. The van der Waals surface area contributed by atoms with Gasteiger partial charge in [0.25, 0.3) is 0 Å². The monoisotopic (exact) mass is 103 g/mol. The summed E-state index contributed by atoms with van der Waals surface area (Å²) in [5.41, 5.74) is 0. The SMILES string of the molecule is [CH2]C(S)CCC. The van der Waals surface area contributed by atoms with Crippen LogP contribution in [0.5, 0.6) is 0 Å². The van der Waals surface area contributed by atoms with Crippen molar-refractivity contribution >= 4 is 12.6 Å². The maximum absolute atomic E-state index is 4.07. The third kappa shape index (κ3) is 4.35. The topological polar surface area (TPSA) is 0 Å². The summed E-state index contributed by atoms with van der Waals surface area (Å²) < 4.78 is 0. The van der Waals surface area contributed by atoms with Crippen LogP contribution in [0.1, 0.15) is 19.8 Å². The molecule has 0 aliphatic rings. The predicted octanol–water partition coefficient (Wildman–Crippen LogP) is 1.92. The fourth-order valence-electron chi connectivity index (χ4n) is 0.333. The van der Waals surface area contributed by atoms with Crippen LogP contribution in [-0.4, -0.2) is 5.25 Å². The average Bonchev–Trinajstić information content (AvgIpc) is 1.35. The van der Waals surface area contributed by atoms with Crippen LogP contribution in [0.3, 0.4) is 0 Å². The van der Waals surface area contributed by atoms with Crippen molar-refractivity contribution in [1.29, 1.82) is 0 Å². The van der Waals surface area contributed by atoms with Crippen molar-refractivity contribution < 1.29 is 0 Å². The maximum atomic E-state index is 4.07. The summed E-state index contributed by atoms with van der Waals surface area (Å²) >= 11 is 4.07. The molecule has 1 atom stereocenters. The zero-order valence-corrected chi connectivity index (χ0v) is 5.04. The Bertz CT molecular complexity index is 25.1. The van der Waals surface area contributed by atoms with Crippen LogP contribution in [0.25, 0.3) is 0 Å². The molecule has 0 spiro atoms. The molecule has 0 saturated heterocycles. The predicted molar refractivity (Wildman–Crippen MR) is 33.0 cm³/mol. The quantitative estimate of drug-likeness (QED) is 0.507. The van der Waals surface area contributed by atoms with Gasteiger partial charge in [-0.25, -0.2) is 0 Å². The zero-order chi connectivity index (χ0) is 4.99. The second-order valence-electron chi connectivity index (χ2n) is 1.44. The van der Waals surface area contributed by atoms with Gasteiger partial charge < -0.3 is 0 Å². The van der Waals surface area contributed by atoms with Gasteiger partial charge in [0.2, 0.25) is 0 Å². The van der Waals surface area contributed by atoms with Crippen molar-refractivity contribution in [1.82, 2.24) is 0 Å². The molecule has 0 amide bonds. The summed E-state index contributed by atoms with van der Waals surface area (Å²) in [5.74, 6) is 0. The van der Waals surface area contributed by atoms with E-state index in [0.29, 0.717) is 5.25 Å². The Morgan fingerprint density at radius 3 is 2.33 bits per heavy atom. The minimum Gasteiger partial charge on any atom is -0.176 e. The van der Waals surface area contributed by atoms with Crippen molar-refractivity contribution in [3.05, 3.63) is 6.92 Å². The normalized spacial score (nSPS) is 14.5. The molecular formula is C5H11S. The highest BCUT2D eigenvalue weighted by Gasteiger charge is 1.86. The molecule has 0 N–H and O–H groups in total. The number of hydrogen-bond acceptors (Lipinski definition) is 1. The van der Waals surface area contributed by atoms with Crippen molar-refractivity contribution in [2.24, 2.45) is 0 Å². The average molecular weight is 103 g/mol. The lowest BCUT2D eigenvalue weighted by molar-refractivity contribution is 0.829. The first kappa shape index (κ1) is 6.35. The van der Waals surface area contributed by atoms with Gasteiger partial charge in [0.15, 0.2) is 0 Å². The Morgan fingerprint density at radius 1 is 1.83 bits per heavy atom. The lowest BCUT2D eigenvalue weighted by Gasteiger charge is -1.94. The van der Waals surface area contributed by atoms with Crippen molar-refractivity contribution in [2.45, 2.75) is 25.0 Å². The molecule has 0 aromatic heterocycles. The van der Waals surface area contributed by atoms with Crippen LogP contribution >= 0.6 is 12.6 Å². The van der Waals surface area contributed by atoms with Crippen molar-refractivity contribution in [2.75, 3.05) is 0 Å².